The minimum Gasteiger partial charge on any atom is -0.489 e. The Balaban J connectivity index is 1.45. The third-order valence-electron chi connectivity index (χ3n) is 6.83. The highest BCUT2D eigenvalue weighted by atomic mass is 16.5. The van der Waals surface area contributed by atoms with Crippen LogP contribution in [0.25, 0.3) is 11.0 Å². The van der Waals surface area contributed by atoms with Gasteiger partial charge in [-0.25, -0.2) is 4.98 Å². The predicted octanol–water partition coefficient (Wildman–Crippen LogP) is 6.13. The summed E-state index contributed by atoms with van der Waals surface area (Å²) in [6, 6.07) is 25.7. The minimum absolute atomic E-state index is 0.0563. The Labute approximate surface area is 213 Å². The molecule has 1 atom stereocenters. The van der Waals surface area contributed by atoms with E-state index in [0.717, 1.165) is 22.3 Å². The van der Waals surface area contributed by atoms with E-state index in [1.807, 2.05) is 86.6 Å². The first kappa shape index (κ1) is 22.7. The maximum atomic E-state index is 13.8. The lowest BCUT2D eigenvalue weighted by Gasteiger charge is -2.24. The van der Waals surface area contributed by atoms with Gasteiger partial charge in [0.05, 0.1) is 17.0 Å². The van der Waals surface area contributed by atoms with E-state index in [4.69, 9.17) is 9.15 Å². The minimum atomic E-state index is -0.678. The highest BCUT2D eigenvalue weighted by molar-refractivity contribution is 6.10. The van der Waals surface area contributed by atoms with Crippen LogP contribution in [-0.4, -0.2) is 10.9 Å². The van der Waals surface area contributed by atoms with Gasteiger partial charge in [0.25, 0.3) is 5.91 Å². The third kappa shape index (κ3) is 3.96. The summed E-state index contributed by atoms with van der Waals surface area (Å²) in [6.45, 7) is 4.35. The molecule has 0 saturated heterocycles. The standard InChI is InChI=1S/C31H24N2O4/c1-19-16-24-25(17-20(19)2)37-30-27(29(24)34)28(33(31(30)35)26-10-6-7-15-32-26)22-11-13-23(14-12-22)36-18-21-8-4-3-5-9-21/h3-17,28H,18H2,1-2H3. The van der Waals surface area contributed by atoms with Gasteiger partial charge in [-0.1, -0.05) is 48.5 Å². The molecule has 0 spiro atoms. The third-order valence-corrected chi connectivity index (χ3v) is 6.83. The summed E-state index contributed by atoms with van der Waals surface area (Å²) < 4.78 is 12.0. The normalized spacial score (nSPS) is 14.7. The van der Waals surface area contributed by atoms with Crippen molar-refractivity contribution in [3.63, 3.8) is 0 Å². The van der Waals surface area contributed by atoms with Gasteiger partial charge in [-0.3, -0.25) is 14.5 Å². The van der Waals surface area contributed by atoms with Crippen molar-refractivity contribution < 1.29 is 13.9 Å². The molecule has 0 radical (unpaired) electrons. The van der Waals surface area contributed by atoms with Crippen LogP contribution in [0.1, 0.15) is 44.4 Å². The number of carbonyl (C=O) groups is 1. The first-order valence-electron chi connectivity index (χ1n) is 12.1. The van der Waals surface area contributed by atoms with Crippen molar-refractivity contribution in [2.75, 3.05) is 4.90 Å². The smallest absolute Gasteiger partial charge is 0.296 e. The summed E-state index contributed by atoms with van der Waals surface area (Å²) in [6.07, 6.45) is 1.63. The maximum Gasteiger partial charge on any atom is 0.296 e. The lowest BCUT2D eigenvalue weighted by Crippen LogP contribution is -2.30. The second-order valence-corrected chi connectivity index (χ2v) is 9.22. The van der Waals surface area contributed by atoms with E-state index in [1.165, 1.54) is 4.90 Å². The van der Waals surface area contributed by atoms with Gasteiger partial charge >= 0.3 is 0 Å². The lowest BCUT2D eigenvalue weighted by atomic mass is 9.97. The largest absolute Gasteiger partial charge is 0.489 e. The molecule has 0 aliphatic carbocycles. The number of hydrogen-bond acceptors (Lipinski definition) is 5. The fourth-order valence-electron chi connectivity index (χ4n) is 4.76. The molecule has 0 bridgehead atoms. The van der Waals surface area contributed by atoms with Crippen LogP contribution < -0.4 is 15.1 Å². The average Bonchev–Trinajstić information content (AvgIpc) is 3.22. The monoisotopic (exact) mass is 488 g/mol. The molecular formula is C31H24N2O4. The molecule has 3 heterocycles. The Morgan fingerprint density at radius 1 is 0.892 bits per heavy atom. The van der Waals surface area contributed by atoms with Crippen molar-refractivity contribution in [1.29, 1.82) is 0 Å². The van der Waals surface area contributed by atoms with Gasteiger partial charge in [-0.05, 0) is 72.5 Å². The zero-order chi connectivity index (χ0) is 25.5. The Kier molecular flexibility index (Phi) is 5.57. The topological polar surface area (TPSA) is 72.6 Å². The van der Waals surface area contributed by atoms with Crippen molar-refractivity contribution >= 4 is 22.7 Å². The zero-order valence-electron chi connectivity index (χ0n) is 20.5. The molecule has 0 N–H and O–H groups in total. The number of hydrogen-bond donors (Lipinski definition) is 0. The predicted molar refractivity (Wildman–Crippen MR) is 142 cm³/mol. The summed E-state index contributed by atoms with van der Waals surface area (Å²) in [5.41, 5.74) is 4.34. The Bertz CT molecular complexity index is 1680. The van der Waals surface area contributed by atoms with Gasteiger partial charge < -0.3 is 9.15 Å². The van der Waals surface area contributed by atoms with E-state index in [9.17, 15) is 9.59 Å². The van der Waals surface area contributed by atoms with Crippen LogP contribution in [0.15, 0.2) is 100 Å². The molecular weight excluding hydrogens is 464 g/mol. The van der Waals surface area contributed by atoms with Crippen molar-refractivity contribution in [3.05, 3.63) is 135 Å². The number of aromatic nitrogens is 1. The summed E-state index contributed by atoms with van der Waals surface area (Å²) in [7, 11) is 0. The zero-order valence-corrected chi connectivity index (χ0v) is 20.5. The number of benzene rings is 3. The molecule has 1 amide bonds. The van der Waals surface area contributed by atoms with E-state index in [-0.39, 0.29) is 17.1 Å². The Hall–Kier alpha value is -4.71. The lowest BCUT2D eigenvalue weighted by molar-refractivity contribution is 0.0970. The second-order valence-electron chi connectivity index (χ2n) is 9.22. The van der Waals surface area contributed by atoms with E-state index in [2.05, 4.69) is 4.98 Å². The van der Waals surface area contributed by atoms with Crippen molar-refractivity contribution in [2.45, 2.75) is 26.5 Å². The highest BCUT2D eigenvalue weighted by Crippen LogP contribution is 2.41. The van der Waals surface area contributed by atoms with Crippen LogP contribution in [0.4, 0.5) is 5.82 Å². The molecule has 2 aromatic heterocycles. The van der Waals surface area contributed by atoms with Gasteiger partial charge in [0.2, 0.25) is 5.76 Å². The summed E-state index contributed by atoms with van der Waals surface area (Å²) in [5.74, 6) is 0.809. The maximum absolute atomic E-state index is 13.8. The fourth-order valence-corrected chi connectivity index (χ4v) is 4.76. The van der Waals surface area contributed by atoms with E-state index < -0.39 is 6.04 Å². The number of aryl methyl sites for hydroxylation is 2. The molecule has 1 aliphatic heterocycles. The van der Waals surface area contributed by atoms with Crippen molar-refractivity contribution in [1.82, 2.24) is 4.98 Å². The number of nitrogens with zero attached hydrogens (tertiary/aromatic N) is 2. The Morgan fingerprint density at radius 2 is 1.62 bits per heavy atom. The molecule has 6 rings (SSSR count). The van der Waals surface area contributed by atoms with Gasteiger partial charge in [0.1, 0.15) is 23.8 Å². The van der Waals surface area contributed by atoms with Crippen LogP contribution >= 0.6 is 0 Å². The molecule has 3 aromatic carbocycles. The SMILES string of the molecule is Cc1cc2oc3c(c(=O)c2cc1C)C(c1ccc(OCc2ccccc2)cc1)N(c1ccccn1)C3=O. The highest BCUT2D eigenvalue weighted by Gasteiger charge is 2.44. The average molecular weight is 489 g/mol. The number of carbonyl (C=O) groups excluding carboxylic acids is 1. The number of rotatable bonds is 5. The molecule has 1 unspecified atom stereocenters. The van der Waals surface area contributed by atoms with E-state index >= 15 is 0 Å². The first-order valence-corrected chi connectivity index (χ1v) is 12.1. The van der Waals surface area contributed by atoms with Crippen LogP contribution in [0.5, 0.6) is 5.75 Å². The Morgan fingerprint density at radius 3 is 2.35 bits per heavy atom. The molecule has 0 saturated carbocycles. The van der Waals surface area contributed by atoms with Gasteiger partial charge in [0, 0.05) is 6.20 Å². The van der Waals surface area contributed by atoms with E-state index in [1.54, 1.807) is 18.3 Å². The van der Waals surface area contributed by atoms with Gasteiger partial charge in [0.15, 0.2) is 5.43 Å². The van der Waals surface area contributed by atoms with Crippen LogP contribution in [-0.2, 0) is 6.61 Å². The fraction of sp³-hybridized carbons (Fsp3) is 0.129. The number of fused-ring (bicyclic) bond motifs is 2. The second kappa shape index (κ2) is 9.06. The van der Waals surface area contributed by atoms with Crippen LogP contribution in [0, 0.1) is 13.8 Å². The summed E-state index contributed by atoms with van der Waals surface area (Å²) >= 11 is 0. The number of pyridine rings is 1. The summed E-state index contributed by atoms with van der Waals surface area (Å²) in [4.78, 5) is 33.5. The van der Waals surface area contributed by atoms with Gasteiger partial charge in [-0.2, -0.15) is 0 Å². The number of amides is 1. The van der Waals surface area contributed by atoms with Crippen LogP contribution in [0.3, 0.4) is 0 Å². The molecule has 182 valence electrons. The van der Waals surface area contributed by atoms with Crippen LogP contribution in [0.2, 0.25) is 0 Å². The number of ether oxygens (including phenoxy) is 1. The van der Waals surface area contributed by atoms with Crippen molar-refractivity contribution in [3.8, 4) is 5.75 Å². The molecule has 6 heteroatoms. The molecule has 0 fully saturated rings. The van der Waals surface area contributed by atoms with E-state index in [0.29, 0.717) is 34.7 Å². The summed E-state index contributed by atoms with van der Waals surface area (Å²) in [5, 5.41) is 0.463. The first-order chi connectivity index (χ1) is 18.0. The molecule has 1 aliphatic rings. The molecule has 6 nitrogen and oxygen atoms in total. The molecule has 37 heavy (non-hydrogen) atoms. The van der Waals surface area contributed by atoms with Crippen molar-refractivity contribution in [2.24, 2.45) is 0 Å². The number of anilines is 1. The van der Waals surface area contributed by atoms with Gasteiger partial charge in [-0.15, -0.1) is 0 Å². The molecule has 5 aromatic rings. The quantitative estimate of drug-likeness (QED) is 0.297.